The smallest absolute Gasteiger partial charge is 0.243 e. The number of rotatable bonds is 22. The van der Waals surface area contributed by atoms with E-state index in [-0.39, 0.29) is 36.0 Å². The Labute approximate surface area is 715 Å². The van der Waals surface area contributed by atoms with Gasteiger partial charge in [0.25, 0.3) is 0 Å². The maximum atomic E-state index is 6.46. The van der Waals surface area contributed by atoms with E-state index in [2.05, 4.69) is 379 Å². The van der Waals surface area contributed by atoms with Gasteiger partial charge < -0.3 is 9.47 Å². The third kappa shape index (κ3) is 15.8. The highest BCUT2D eigenvalue weighted by Crippen LogP contribution is 2.48. The number of hydrogen-bond acceptors (Lipinski definition) is 6. The van der Waals surface area contributed by atoms with Crippen LogP contribution in [0, 0.1) is 110 Å². The quantitative estimate of drug-likeness (QED) is 0.0630. The molecule has 0 amide bonds. The van der Waals surface area contributed by atoms with Crippen molar-refractivity contribution < 1.29 is 9.47 Å². The Morgan fingerprint density at radius 2 is 0.583 bits per heavy atom. The fourth-order valence-electron chi connectivity index (χ4n) is 21.4. The summed E-state index contributed by atoms with van der Waals surface area (Å²) in [6.07, 6.45) is 18.0. The summed E-state index contributed by atoms with van der Waals surface area (Å²) in [7, 11) is 0. The van der Waals surface area contributed by atoms with E-state index in [1.165, 1.54) is 189 Å². The minimum absolute atomic E-state index is 0.0548. The number of nitrogens with zero attached hydrogens (tertiary/aromatic N) is 4. The molecular formula is C112H114B2N4O2. The molecule has 4 heterocycles. The summed E-state index contributed by atoms with van der Waals surface area (Å²) in [4.78, 5) is 18.5. The molecule has 0 fully saturated rings. The number of allylic oxidation sites excluding steroid dienone is 4. The van der Waals surface area contributed by atoms with Crippen LogP contribution in [0.5, 0.6) is 11.5 Å². The van der Waals surface area contributed by atoms with Gasteiger partial charge in [0, 0.05) is 82.7 Å². The van der Waals surface area contributed by atoms with Gasteiger partial charge >= 0.3 is 0 Å². The summed E-state index contributed by atoms with van der Waals surface area (Å²) < 4.78 is 12.9. The summed E-state index contributed by atoms with van der Waals surface area (Å²) in [5.74, 6) is 2.03. The van der Waals surface area contributed by atoms with E-state index in [0.29, 0.717) is 13.2 Å². The minimum atomic E-state index is -0.277. The lowest BCUT2D eigenvalue weighted by atomic mass is 9.27. The van der Waals surface area contributed by atoms with Gasteiger partial charge in [-0.1, -0.05) is 253 Å². The Morgan fingerprint density at radius 3 is 0.883 bits per heavy atom. The minimum Gasteiger partial charge on any atom is -0.489 e. The first-order chi connectivity index (χ1) is 57.5. The van der Waals surface area contributed by atoms with Crippen molar-refractivity contribution in [2.75, 3.05) is 0 Å². The van der Waals surface area contributed by atoms with Gasteiger partial charge in [-0.15, -0.1) is 0 Å². The first-order valence-corrected chi connectivity index (χ1v) is 42.8. The largest absolute Gasteiger partial charge is 0.489 e. The molecule has 0 bridgehead atoms. The van der Waals surface area contributed by atoms with Crippen molar-refractivity contribution in [3.63, 3.8) is 0 Å². The lowest BCUT2D eigenvalue weighted by Gasteiger charge is -2.40. The highest BCUT2D eigenvalue weighted by Gasteiger charge is 2.43. The van der Waals surface area contributed by atoms with Gasteiger partial charge in [0.2, 0.25) is 13.4 Å². The van der Waals surface area contributed by atoms with Gasteiger partial charge in [-0.3, -0.25) is 19.9 Å². The first kappa shape index (κ1) is 83.1. The van der Waals surface area contributed by atoms with Crippen LogP contribution in [0.3, 0.4) is 0 Å². The van der Waals surface area contributed by atoms with Crippen molar-refractivity contribution in [2.24, 2.45) is 5.92 Å². The highest BCUT2D eigenvalue weighted by molar-refractivity contribution is 6.97. The molecule has 15 rings (SSSR count). The van der Waals surface area contributed by atoms with Gasteiger partial charge in [0.05, 0.1) is 0 Å². The van der Waals surface area contributed by atoms with Gasteiger partial charge in [-0.2, -0.15) is 0 Å². The molecule has 0 aliphatic heterocycles. The molecule has 600 valence electrons. The molecule has 10 aromatic carbocycles. The lowest BCUT2D eigenvalue weighted by molar-refractivity contribution is 0.302. The van der Waals surface area contributed by atoms with Crippen LogP contribution in [0.1, 0.15) is 171 Å². The third-order valence-corrected chi connectivity index (χ3v) is 27.0. The van der Waals surface area contributed by atoms with E-state index >= 15 is 0 Å². The topological polar surface area (TPSA) is 70.0 Å². The van der Waals surface area contributed by atoms with Crippen LogP contribution in [0.4, 0.5) is 0 Å². The monoisotopic (exact) mass is 1570 g/mol. The predicted octanol–water partition coefficient (Wildman–Crippen LogP) is 24.6. The summed E-state index contributed by atoms with van der Waals surface area (Å²) in [6, 6.07) is 73.9. The molecule has 8 heteroatoms. The van der Waals surface area contributed by atoms with E-state index in [0.717, 1.165) is 44.9 Å². The van der Waals surface area contributed by atoms with Crippen LogP contribution < -0.4 is 36.8 Å². The number of aromatic nitrogens is 4. The molecule has 6 nitrogen and oxygen atoms in total. The predicted molar refractivity (Wildman–Crippen MR) is 509 cm³/mol. The molecule has 1 aliphatic rings. The second-order valence-electron chi connectivity index (χ2n) is 35.6. The Bertz CT molecular complexity index is 6050. The Kier molecular flexibility index (Phi) is 23.6. The van der Waals surface area contributed by atoms with E-state index in [1.807, 2.05) is 49.6 Å². The van der Waals surface area contributed by atoms with Crippen LogP contribution in [-0.4, -0.2) is 33.4 Å². The van der Waals surface area contributed by atoms with Gasteiger partial charge in [0.1, 0.15) is 24.7 Å². The molecule has 0 spiro atoms. The molecule has 2 atom stereocenters. The van der Waals surface area contributed by atoms with Crippen molar-refractivity contribution in [1.82, 2.24) is 19.9 Å². The Hall–Kier alpha value is -12.0. The number of ether oxygens (including phenoxy) is 2. The molecule has 14 aromatic rings. The van der Waals surface area contributed by atoms with E-state index in [9.17, 15) is 0 Å². The van der Waals surface area contributed by atoms with Crippen LogP contribution in [0.25, 0.3) is 61.2 Å². The zero-order valence-electron chi connectivity index (χ0n) is 74.6. The highest BCUT2D eigenvalue weighted by atomic mass is 16.5. The van der Waals surface area contributed by atoms with Crippen molar-refractivity contribution in [1.29, 1.82) is 0 Å². The summed E-state index contributed by atoms with van der Waals surface area (Å²) >= 11 is 0. The Morgan fingerprint density at radius 1 is 0.308 bits per heavy atom. The molecule has 1 aliphatic carbocycles. The fraction of sp³-hybridized carbons (Fsp3) is 0.250. The van der Waals surface area contributed by atoms with Gasteiger partial charge in [-0.25, -0.2) is 0 Å². The molecular weight excluding hydrogens is 1450 g/mol. The van der Waals surface area contributed by atoms with Crippen molar-refractivity contribution in [3.8, 4) is 67.1 Å². The lowest BCUT2D eigenvalue weighted by Crippen LogP contribution is -2.58. The first-order valence-electron chi connectivity index (χ1n) is 42.8. The zero-order valence-corrected chi connectivity index (χ0v) is 74.6. The van der Waals surface area contributed by atoms with Crippen molar-refractivity contribution in [2.45, 2.75) is 182 Å². The Balaban J connectivity index is 0.607. The van der Waals surface area contributed by atoms with Crippen LogP contribution >= 0.6 is 0 Å². The number of aryl methyl sites for hydroxylation is 10. The molecule has 0 N–H and O–H groups in total. The SMILES string of the molecule is CC1=CC(C)=C(c2ccc(C(C)(C)c3ccc(OCc4ccc(COc5ccc(C(C)(C)c6ccc(-c7c(C)cc(C)c(B(c8c(C)cc(C)c(-c9cccnc9)c8C)c8c(C)cc(C)c(-c9cccnc9)c8C)c7C)cc6)cc5)cc4)cc3)cc2)C(C)C1B(c1c(C)cc(C)c(-c2cccnc2)c1C)c1c(C)cc(C)c(-c2cccnc2)c1C. The second-order valence-corrected chi connectivity index (χ2v) is 35.6. The molecule has 0 radical (unpaired) electrons. The normalized spacial score (nSPS) is 13.7. The van der Waals surface area contributed by atoms with Gasteiger partial charge in [0.15, 0.2) is 0 Å². The third-order valence-electron chi connectivity index (χ3n) is 27.0. The van der Waals surface area contributed by atoms with Crippen molar-refractivity contribution >= 4 is 46.3 Å². The average molecular weight is 1570 g/mol. The summed E-state index contributed by atoms with van der Waals surface area (Å²) in [5, 5.41) is 0. The van der Waals surface area contributed by atoms with E-state index < -0.39 is 0 Å². The van der Waals surface area contributed by atoms with Crippen LogP contribution in [0.15, 0.2) is 267 Å². The second kappa shape index (κ2) is 34.0. The average Bonchev–Trinajstić information content (AvgIpc) is 0.734. The van der Waals surface area contributed by atoms with E-state index in [1.54, 1.807) is 0 Å². The number of benzene rings is 10. The van der Waals surface area contributed by atoms with Crippen molar-refractivity contribution in [3.05, 3.63) is 389 Å². The maximum absolute atomic E-state index is 6.46. The molecule has 120 heavy (non-hydrogen) atoms. The van der Waals surface area contributed by atoms with E-state index in [4.69, 9.17) is 9.47 Å². The van der Waals surface area contributed by atoms with Crippen LogP contribution in [-0.2, 0) is 24.0 Å². The maximum Gasteiger partial charge on any atom is 0.243 e. The number of hydrogen-bond donors (Lipinski definition) is 0. The van der Waals surface area contributed by atoms with Gasteiger partial charge in [-0.05, 0) is 317 Å². The van der Waals surface area contributed by atoms with Crippen LogP contribution in [0.2, 0.25) is 5.82 Å². The summed E-state index contributed by atoms with van der Waals surface area (Å²) in [5.41, 5.74) is 50.4. The number of pyridine rings is 4. The molecule has 0 saturated carbocycles. The zero-order chi connectivity index (χ0) is 84.9. The standard InChI is InChI=1S/C112H114B2N4O2/c1-67-55-73(7)105(113(107-75(9)57-69(3)101(81(107)15)89-27-23-51-115-61-89)108-76(10)58-70(4)102(82(108)16)90-28-24-52-116-62-90)79(13)99(67)87-35-39-93(40-36-87)111(19,20)95-43-47-97(48-44-95)119-65-85-31-33-86(34-32-85)66-120-98-49-45-96(46-50-98)112(21,22)94-41-37-88(38-42-94)100-68(2)56-74(8)106(80(100)14)114(109-77(11)59-71(5)103(83(109)17)91-29-25-53-117-63-91)110-78(12)60-72(6)104(84(110)18)92-30-26-54-118-64-92/h23-64,79,105H,65-66H2,1-22H3. The summed E-state index contributed by atoms with van der Waals surface area (Å²) in [6.45, 7) is 52.1. The fourth-order valence-corrected chi connectivity index (χ4v) is 21.4. The molecule has 2 unspecified atom stereocenters. The molecule has 4 aromatic heterocycles. The molecule has 0 saturated heterocycles.